The van der Waals surface area contributed by atoms with Gasteiger partial charge in [0.1, 0.15) is 0 Å². The van der Waals surface area contributed by atoms with Crippen LogP contribution >= 0.6 is 11.3 Å². The zero-order valence-electron chi connectivity index (χ0n) is 9.83. The summed E-state index contributed by atoms with van der Waals surface area (Å²) in [6, 6.07) is 2.08. The summed E-state index contributed by atoms with van der Waals surface area (Å²) in [4.78, 5) is 13.3. The van der Waals surface area contributed by atoms with Gasteiger partial charge in [0, 0.05) is 12.6 Å². The average Bonchev–Trinajstić information content (AvgIpc) is 2.96. The highest BCUT2D eigenvalue weighted by molar-refractivity contribution is 7.07. The molecule has 0 spiro atoms. The number of likely N-dealkylation sites (N-methyl/N-ethyl adjacent to an activating group) is 1. The van der Waals surface area contributed by atoms with Crippen LogP contribution in [0.1, 0.15) is 12.5 Å². The predicted molar refractivity (Wildman–Crippen MR) is 66.1 cm³/mol. The molecule has 2 rings (SSSR count). The fraction of sp³-hybridized carbons (Fsp3) is 0.583. The van der Waals surface area contributed by atoms with Crippen LogP contribution in [0.5, 0.6) is 0 Å². The first kappa shape index (κ1) is 12.5. The SMILES string of the molecule is CCN(Cc1ccsc1)C1COCC1C(=O)O. The second-order valence-corrected chi connectivity index (χ2v) is 5.02. The summed E-state index contributed by atoms with van der Waals surface area (Å²) in [6.45, 7) is 4.56. The molecular weight excluding hydrogens is 238 g/mol. The molecule has 4 nitrogen and oxygen atoms in total. The van der Waals surface area contributed by atoms with E-state index in [1.807, 2.05) is 5.38 Å². The molecule has 0 amide bonds. The molecule has 17 heavy (non-hydrogen) atoms. The van der Waals surface area contributed by atoms with E-state index in [2.05, 4.69) is 23.3 Å². The number of carboxylic acids is 1. The van der Waals surface area contributed by atoms with Crippen LogP contribution in [-0.4, -0.2) is 41.8 Å². The van der Waals surface area contributed by atoms with Crippen LogP contribution < -0.4 is 0 Å². The summed E-state index contributed by atoms with van der Waals surface area (Å²) in [7, 11) is 0. The van der Waals surface area contributed by atoms with E-state index >= 15 is 0 Å². The summed E-state index contributed by atoms with van der Waals surface area (Å²) in [5.74, 6) is -1.15. The fourth-order valence-electron chi connectivity index (χ4n) is 2.22. The van der Waals surface area contributed by atoms with Crippen molar-refractivity contribution < 1.29 is 14.6 Å². The number of carboxylic acid groups (broad SMARTS) is 1. The van der Waals surface area contributed by atoms with E-state index in [1.165, 1.54) is 5.56 Å². The van der Waals surface area contributed by atoms with Gasteiger partial charge in [0.2, 0.25) is 0 Å². The second kappa shape index (κ2) is 5.62. The van der Waals surface area contributed by atoms with E-state index in [4.69, 9.17) is 9.84 Å². The largest absolute Gasteiger partial charge is 0.481 e. The molecule has 1 saturated heterocycles. The Morgan fingerprint density at radius 1 is 1.65 bits per heavy atom. The topological polar surface area (TPSA) is 49.8 Å². The number of carbonyl (C=O) groups is 1. The molecule has 0 saturated carbocycles. The van der Waals surface area contributed by atoms with Crippen molar-refractivity contribution in [1.82, 2.24) is 4.90 Å². The first-order chi connectivity index (χ1) is 8.22. The van der Waals surface area contributed by atoms with Crippen LogP contribution in [-0.2, 0) is 16.1 Å². The van der Waals surface area contributed by atoms with Crippen LogP contribution in [0.4, 0.5) is 0 Å². The van der Waals surface area contributed by atoms with Gasteiger partial charge in [-0.3, -0.25) is 9.69 Å². The van der Waals surface area contributed by atoms with Crippen molar-refractivity contribution in [2.75, 3.05) is 19.8 Å². The Balaban J connectivity index is 2.04. The van der Waals surface area contributed by atoms with Crippen LogP contribution in [0.2, 0.25) is 0 Å². The lowest BCUT2D eigenvalue weighted by molar-refractivity contribution is -0.143. The Bertz CT molecular complexity index is 366. The molecule has 2 atom stereocenters. The van der Waals surface area contributed by atoms with Gasteiger partial charge in [-0.2, -0.15) is 11.3 Å². The Morgan fingerprint density at radius 2 is 2.47 bits per heavy atom. The highest BCUT2D eigenvalue weighted by atomic mass is 32.1. The van der Waals surface area contributed by atoms with Gasteiger partial charge in [0.15, 0.2) is 0 Å². The third-order valence-electron chi connectivity index (χ3n) is 3.21. The van der Waals surface area contributed by atoms with E-state index in [9.17, 15) is 4.79 Å². The number of nitrogens with zero attached hydrogens (tertiary/aromatic N) is 1. The van der Waals surface area contributed by atoms with E-state index in [0.29, 0.717) is 13.2 Å². The van der Waals surface area contributed by atoms with Crippen LogP contribution in [0.25, 0.3) is 0 Å². The third-order valence-corrected chi connectivity index (χ3v) is 3.94. The van der Waals surface area contributed by atoms with Crippen LogP contribution in [0.3, 0.4) is 0 Å². The number of hydrogen-bond acceptors (Lipinski definition) is 4. The Kier molecular flexibility index (Phi) is 4.15. The van der Waals surface area contributed by atoms with Crippen molar-refractivity contribution in [3.8, 4) is 0 Å². The Labute approximate surface area is 105 Å². The van der Waals surface area contributed by atoms with Crippen LogP contribution in [0, 0.1) is 5.92 Å². The molecule has 1 aliphatic rings. The first-order valence-corrected chi connectivity index (χ1v) is 6.72. The van der Waals surface area contributed by atoms with Crippen molar-refractivity contribution in [3.63, 3.8) is 0 Å². The zero-order valence-corrected chi connectivity index (χ0v) is 10.7. The molecule has 0 radical (unpaired) electrons. The lowest BCUT2D eigenvalue weighted by atomic mass is 10.0. The number of aliphatic carboxylic acids is 1. The maximum atomic E-state index is 11.1. The molecule has 0 aliphatic carbocycles. The molecule has 5 heteroatoms. The molecule has 2 unspecified atom stereocenters. The summed E-state index contributed by atoms with van der Waals surface area (Å²) in [6.07, 6.45) is 0. The Hall–Kier alpha value is -0.910. The fourth-order valence-corrected chi connectivity index (χ4v) is 2.88. The smallest absolute Gasteiger partial charge is 0.310 e. The van der Waals surface area contributed by atoms with Gasteiger partial charge in [-0.05, 0) is 28.9 Å². The quantitative estimate of drug-likeness (QED) is 0.869. The first-order valence-electron chi connectivity index (χ1n) is 5.78. The molecule has 1 fully saturated rings. The van der Waals surface area contributed by atoms with E-state index in [-0.39, 0.29) is 6.04 Å². The van der Waals surface area contributed by atoms with Gasteiger partial charge in [-0.15, -0.1) is 0 Å². The van der Waals surface area contributed by atoms with Crippen molar-refractivity contribution in [2.24, 2.45) is 5.92 Å². The Morgan fingerprint density at radius 3 is 3.06 bits per heavy atom. The molecule has 1 aromatic heterocycles. The minimum atomic E-state index is -0.753. The van der Waals surface area contributed by atoms with E-state index in [0.717, 1.165) is 13.1 Å². The molecule has 2 heterocycles. The lowest BCUT2D eigenvalue weighted by Crippen LogP contribution is -2.42. The molecule has 1 N–H and O–H groups in total. The van der Waals surface area contributed by atoms with E-state index < -0.39 is 11.9 Å². The number of hydrogen-bond donors (Lipinski definition) is 1. The second-order valence-electron chi connectivity index (χ2n) is 4.24. The third kappa shape index (κ3) is 2.86. The molecule has 1 aromatic rings. The summed E-state index contributed by atoms with van der Waals surface area (Å²) >= 11 is 1.67. The maximum absolute atomic E-state index is 11.1. The number of ether oxygens (including phenoxy) is 1. The van der Waals surface area contributed by atoms with Crippen molar-refractivity contribution in [3.05, 3.63) is 22.4 Å². The van der Waals surface area contributed by atoms with Crippen molar-refractivity contribution in [1.29, 1.82) is 0 Å². The van der Waals surface area contributed by atoms with Gasteiger partial charge in [-0.25, -0.2) is 0 Å². The highest BCUT2D eigenvalue weighted by Gasteiger charge is 2.37. The van der Waals surface area contributed by atoms with Crippen LogP contribution in [0.15, 0.2) is 16.8 Å². The number of thiophene rings is 1. The number of rotatable bonds is 5. The molecule has 1 aliphatic heterocycles. The minimum Gasteiger partial charge on any atom is -0.481 e. The summed E-state index contributed by atoms with van der Waals surface area (Å²) < 4.78 is 5.31. The van der Waals surface area contributed by atoms with E-state index in [1.54, 1.807) is 11.3 Å². The average molecular weight is 255 g/mol. The van der Waals surface area contributed by atoms with Gasteiger partial charge >= 0.3 is 5.97 Å². The molecule has 0 aromatic carbocycles. The molecular formula is C12H17NO3S. The van der Waals surface area contributed by atoms with Crippen molar-refractivity contribution in [2.45, 2.75) is 19.5 Å². The van der Waals surface area contributed by atoms with Gasteiger partial charge in [0.25, 0.3) is 0 Å². The van der Waals surface area contributed by atoms with Gasteiger partial charge in [-0.1, -0.05) is 6.92 Å². The van der Waals surface area contributed by atoms with Gasteiger partial charge < -0.3 is 9.84 Å². The van der Waals surface area contributed by atoms with Gasteiger partial charge in [0.05, 0.1) is 19.1 Å². The zero-order chi connectivity index (χ0) is 12.3. The minimum absolute atomic E-state index is 0.00241. The predicted octanol–water partition coefficient (Wildman–Crippen LogP) is 1.67. The summed E-state index contributed by atoms with van der Waals surface area (Å²) in [5, 5.41) is 13.3. The molecule has 94 valence electrons. The monoisotopic (exact) mass is 255 g/mol. The highest BCUT2D eigenvalue weighted by Crippen LogP contribution is 2.22. The lowest BCUT2D eigenvalue weighted by Gasteiger charge is -2.28. The summed E-state index contributed by atoms with van der Waals surface area (Å²) in [5.41, 5.74) is 1.24. The molecule has 0 bridgehead atoms. The normalized spacial score (nSPS) is 24.4. The van der Waals surface area contributed by atoms with Crippen molar-refractivity contribution >= 4 is 17.3 Å². The maximum Gasteiger partial charge on any atom is 0.310 e. The standard InChI is InChI=1S/C12H17NO3S/c1-2-13(5-9-3-4-17-8-9)11-7-16-6-10(11)12(14)15/h3-4,8,10-11H,2,5-7H2,1H3,(H,14,15).